The Bertz CT molecular complexity index is 530. The molecule has 1 aliphatic rings. The maximum absolute atomic E-state index is 12.5. The molecular formula is C17H20O2. The van der Waals surface area contributed by atoms with Gasteiger partial charge in [-0.1, -0.05) is 57.2 Å². The van der Waals surface area contributed by atoms with E-state index in [0.717, 1.165) is 5.56 Å². The molecule has 0 spiro atoms. The Morgan fingerprint density at radius 1 is 1.16 bits per heavy atom. The minimum Gasteiger partial charge on any atom is -0.508 e. The lowest BCUT2D eigenvalue weighted by molar-refractivity contribution is -0.119. The van der Waals surface area contributed by atoms with Crippen molar-refractivity contribution in [3.63, 3.8) is 0 Å². The van der Waals surface area contributed by atoms with Crippen LogP contribution in [0.4, 0.5) is 0 Å². The summed E-state index contributed by atoms with van der Waals surface area (Å²) in [6.45, 7) is 5.86. The molecular weight excluding hydrogens is 236 g/mol. The molecule has 0 fully saturated rings. The molecule has 0 bridgehead atoms. The first-order valence-corrected chi connectivity index (χ1v) is 6.59. The van der Waals surface area contributed by atoms with Crippen molar-refractivity contribution >= 4 is 5.78 Å². The van der Waals surface area contributed by atoms with Crippen LogP contribution < -0.4 is 0 Å². The van der Waals surface area contributed by atoms with E-state index in [1.807, 2.05) is 51.1 Å². The second-order valence-electron chi connectivity index (χ2n) is 6.03. The summed E-state index contributed by atoms with van der Waals surface area (Å²) in [4.78, 5) is 12.5. The lowest BCUT2D eigenvalue weighted by Crippen LogP contribution is -2.28. The minimum atomic E-state index is -0.332. The van der Waals surface area contributed by atoms with E-state index in [-0.39, 0.29) is 22.9 Å². The van der Waals surface area contributed by atoms with Gasteiger partial charge in [0.25, 0.3) is 0 Å². The number of aliphatic hydroxyl groups is 1. The Kier molecular flexibility index (Phi) is 3.61. The second-order valence-corrected chi connectivity index (χ2v) is 6.03. The molecule has 19 heavy (non-hydrogen) atoms. The predicted octanol–water partition coefficient (Wildman–Crippen LogP) is 3.84. The topological polar surface area (TPSA) is 37.3 Å². The molecule has 2 heteroatoms. The Balaban J connectivity index is 2.24. The van der Waals surface area contributed by atoms with E-state index >= 15 is 0 Å². The largest absolute Gasteiger partial charge is 0.508 e. The summed E-state index contributed by atoms with van der Waals surface area (Å²) < 4.78 is 0. The molecule has 0 aromatic heterocycles. The van der Waals surface area contributed by atoms with Gasteiger partial charge in [-0.3, -0.25) is 4.79 Å². The molecule has 1 N–H and O–H groups in total. The zero-order valence-corrected chi connectivity index (χ0v) is 11.7. The van der Waals surface area contributed by atoms with Crippen molar-refractivity contribution in [2.45, 2.75) is 27.2 Å². The lowest BCUT2D eigenvalue weighted by atomic mass is 9.75. The summed E-state index contributed by atoms with van der Waals surface area (Å²) in [5.74, 6) is -0.0225. The van der Waals surface area contributed by atoms with Crippen LogP contribution in [0.2, 0.25) is 0 Å². The van der Waals surface area contributed by atoms with E-state index in [2.05, 4.69) is 0 Å². The highest BCUT2D eigenvalue weighted by Gasteiger charge is 2.33. The number of carbonyl (C=O) groups is 1. The molecule has 1 atom stereocenters. The zero-order chi connectivity index (χ0) is 14.0. The Labute approximate surface area is 114 Å². The number of aliphatic hydroxyl groups excluding tert-OH is 1. The monoisotopic (exact) mass is 256 g/mol. The lowest BCUT2D eigenvalue weighted by Gasteiger charge is -2.28. The number of hydrogen-bond acceptors (Lipinski definition) is 2. The van der Waals surface area contributed by atoms with Gasteiger partial charge in [-0.2, -0.15) is 0 Å². The van der Waals surface area contributed by atoms with Crippen LogP contribution >= 0.6 is 0 Å². The van der Waals surface area contributed by atoms with Gasteiger partial charge in [0.05, 0.1) is 0 Å². The van der Waals surface area contributed by atoms with Crippen LogP contribution in [0.25, 0.3) is 0 Å². The van der Waals surface area contributed by atoms with E-state index in [1.54, 1.807) is 12.2 Å². The van der Waals surface area contributed by atoms with Crippen LogP contribution in [-0.4, -0.2) is 10.9 Å². The van der Waals surface area contributed by atoms with Gasteiger partial charge in [-0.25, -0.2) is 0 Å². The fraction of sp³-hybridized carbons (Fsp3) is 0.353. The molecule has 0 aliphatic heterocycles. The van der Waals surface area contributed by atoms with Crippen LogP contribution in [0, 0.1) is 11.3 Å². The summed E-state index contributed by atoms with van der Waals surface area (Å²) in [5, 5.41) is 9.93. The number of Topliss-reactive ketones (excluding diaryl/α,β-unsaturated/α-hetero) is 1. The maximum atomic E-state index is 12.5. The van der Waals surface area contributed by atoms with Crippen molar-refractivity contribution in [3.05, 3.63) is 59.4 Å². The molecule has 1 aromatic rings. The van der Waals surface area contributed by atoms with E-state index < -0.39 is 0 Å². The fourth-order valence-corrected chi connectivity index (χ4v) is 2.47. The van der Waals surface area contributed by atoms with E-state index in [9.17, 15) is 9.90 Å². The van der Waals surface area contributed by atoms with E-state index in [4.69, 9.17) is 0 Å². The van der Waals surface area contributed by atoms with Crippen molar-refractivity contribution < 1.29 is 9.90 Å². The average Bonchev–Trinajstić information content (AvgIpc) is 2.32. The predicted molar refractivity (Wildman–Crippen MR) is 76.9 cm³/mol. The molecule has 2 nitrogen and oxygen atoms in total. The molecule has 0 saturated carbocycles. The molecule has 1 aromatic carbocycles. The molecule has 100 valence electrons. The fourth-order valence-electron chi connectivity index (χ4n) is 2.47. The number of rotatable bonds is 2. The van der Waals surface area contributed by atoms with Gasteiger partial charge in [0.1, 0.15) is 5.76 Å². The van der Waals surface area contributed by atoms with Gasteiger partial charge in [0.15, 0.2) is 5.78 Å². The third-order valence-electron chi connectivity index (χ3n) is 3.37. The van der Waals surface area contributed by atoms with Crippen molar-refractivity contribution in [1.29, 1.82) is 0 Å². The quantitative estimate of drug-likeness (QED) is 0.872. The average molecular weight is 256 g/mol. The van der Waals surface area contributed by atoms with Crippen LogP contribution in [0.1, 0.15) is 26.3 Å². The first-order chi connectivity index (χ1) is 8.89. The summed E-state index contributed by atoms with van der Waals surface area (Å²) in [6.07, 6.45) is 4.15. The van der Waals surface area contributed by atoms with Gasteiger partial charge in [-0.15, -0.1) is 0 Å². The van der Waals surface area contributed by atoms with Crippen LogP contribution in [0.3, 0.4) is 0 Å². The minimum absolute atomic E-state index is 0.0383. The number of allylic oxidation sites excluding steroid dienone is 3. The Hall–Kier alpha value is -1.83. The molecule has 0 heterocycles. The molecule has 1 aliphatic carbocycles. The summed E-state index contributed by atoms with van der Waals surface area (Å²) in [5.41, 5.74) is 1.34. The smallest absolute Gasteiger partial charge is 0.170 e. The van der Waals surface area contributed by atoms with Crippen LogP contribution in [0.5, 0.6) is 0 Å². The molecule has 0 saturated heterocycles. The third-order valence-corrected chi connectivity index (χ3v) is 3.37. The first kappa shape index (κ1) is 13.6. The third kappa shape index (κ3) is 2.95. The highest BCUT2D eigenvalue weighted by molar-refractivity contribution is 6.01. The summed E-state index contributed by atoms with van der Waals surface area (Å²) >= 11 is 0. The van der Waals surface area contributed by atoms with Crippen LogP contribution in [0.15, 0.2) is 53.8 Å². The maximum Gasteiger partial charge on any atom is 0.170 e. The molecule has 1 unspecified atom stereocenters. The number of benzene rings is 1. The van der Waals surface area contributed by atoms with E-state index in [0.29, 0.717) is 12.0 Å². The normalized spacial score (nSPS) is 19.9. The number of ketones is 1. The van der Waals surface area contributed by atoms with Crippen LogP contribution in [-0.2, 0) is 11.2 Å². The van der Waals surface area contributed by atoms with E-state index in [1.165, 1.54) is 0 Å². The zero-order valence-electron chi connectivity index (χ0n) is 11.7. The highest BCUT2D eigenvalue weighted by Crippen LogP contribution is 2.34. The highest BCUT2D eigenvalue weighted by atomic mass is 16.3. The number of carbonyl (C=O) groups excluding carboxylic acids is 1. The van der Waals surface area contributed by atoms with Crippen molar-refractivity contribution in [2.75, 3.05) is 0 Å². The summed E-state index contributed by atoms with van der Waals surface area (Å²) in [6, 6.07) is 9.97. The first-order valence-electron chi connectivity index (χ1n) is 6.59. The van der Waals surface area contributed by atoms with Gasteiger partial charge in [0.2, 0.25) is 0 Å². The van der Waals surface area contributed by atoms with Crippen molar-refractivity contribution in [3.8, 4) is 0 Å². The molecule has 0 radical (unpaired) electrons. The van der Waals surface area contributed by atoms with Gasteiger partial charge < -0.3 is 5.11 Å². The summed E-state index contributed by atoms with van der Waals surface area (Å²) in [7, 11) is 0. The van der Waals surface area contributed by atoms with Gasteiger partial charge in [0, 0.05) is 11.5 Å². The SMILES string of the molecule is CC(C)(C)C1=C(O)C=CC(Cc2ccccc2)C1=O. The standard InChI is InChI=1S/C17H20O2/c1-17(2,3)15-14(18)10-9-13(16(15)19)11-12-7-5-4-6-8-12/h4-10,13,18H,11H2,1-3H3. The van der Waals surface area contributed by atoms with Crippen molar-refractivity contribution in [1.82, 2.24) is 0 Å². The Morgan fingerprint density at radius 3 is 2.37 bits per heavy atom. The molecule has 0 amide bonds. The van der Waals surface area contributed by atoms with Gasteiger partial charge >= 0.3 is 0 Å². The molecule has 2 rings (SSSR count). The Morgan fingerprint density at radius 2 is 1.79 bits per heavy atom. The second kappa shape index (κ2) is 5.04. The number of hydrogen-bond donors (Lipinski definition) is 1. The van der Waals surface area contributed by atoms with Crippen molar-refractivity contribution in [2.24, 2.45) is 11.3 Å². The van der Waals surface area contributed by atoms with Gasteiger partial charge in [-0.05, 0) is 23.5 Å².